The highest BCUT2D eigenvalue weighted by Crippen LogP contribution is 2.30. The summed E-state index contributed by atoms with van der Waals surface area (Å²) in [5.41, 5.74) is 0.689. The molecule has 1 saturated heterocycles. The molecule has 1 unspecified atom stereocenters. The number of rotatable bonds is 2. The zero-order valence-electron chi connectivity index (χ0n) is 8.72. The van der Waals surface area contributed by atoms with Crippen molar-refractivity contribution in [2.45, 2.75) is 19.8 Å². The average Bonchev–Trinajstić information content (AvgIpc) is 2.51. The van der Waals surface area contributed by atoms with Crippen LogP contribution in [0, 0.1) is 11.2 Å². The maximum atomic E-state index is 12.7. The lowest BCUT2D eigenvalue weighted by Gasteiger charge is -2.20. The Hall–Kier alpha value is -1.38. The average molecular weight is 207 g/mol. The molecule has 3 heteroatoms. The molecule has 0 radical (unpaired) electrons. The van der Waals surface area contributed by atoms with Crippen molar-refractivity contribution in [3.8, 4) is 0 Å². The summed E-state index contributed by atoms with van der Waals surface area (Å²) in [6.07, 6.45) is 1.53. The standard InChI is InChI=1S/C12H14FNO/c1-12(6-7-14-11(12)15)8-9-2-4-10(13)5-3-9/h2-5H,6-8H2,1H3,(H,14,15). The second-order valence-electron chi connectivity index (χ2n) is 4.37. The number of hydrogen-bond acceptors (Lipinski definition) is 1. The van der Waals surface area contributed by atoms with Crippen LogP contribution in [0.1, 0.15) is 18.9 Å². The van der Waals surface area contributed by atoms with Gasteiger partial charge in [0.05, 0.1) is 5.41 Å². The number of halogens is 1. The summed E-state index contributed by atoms with van der Waals surface area (Å²) in [7, 11) is 0. The lowest BCUT2D eigenvalue weighted by Crippen LogP contribution is -2.30. The second kappa shape index (κ2) is 3.65. The Morgan fingerprint density at radius 1 is 1.40 bits per heavy atom. The van der Waals surface area contributed by atoms with Crippen molar-refractivity contribution >= 4 is 5.91 Å². The van der Waals surface area contributed by atoms with Crippen LogP contribution in [0.3, 0.4) is 0 Å². The van der Waals surface area contributed by atoms with Crippen LogP contribution in [0.15, 0.2) is 24.3 Å². The third-order valence-electron chi connectivity index (χ3n) is 3.02. The lowest BCUT2D eigenvalue weighted by molar-refractivity contribution is -0.126. The van der Waals surface area contributed by atoms with Gasteiger partial charge in [-0.3, -0.25) is 4.79 Å². The summed E-state index contributed by atoms with van der Waals surface area (Å²) in [6.45, 7) is 2.70. The van der Waals surface area contributed by atoms with Gasteiger partial charge in [-0.15, -0.1) is 0 Å². The van der Waals surface area contributed by atoms with Crippen LogP contribution in [0.5, 0.6) is 0 Å². The topological polar surface area (TPSA) is 29.1 Å². The molecule has 1 heterocycles. The molecule has 1 amide bonds. The molecule has 0 saturated carbocycles. The van der Waals surface area contributed by atoms with Gasteiger partial charge < -0.3 is 5.32 Å². The molecule has 0 spiro atoms. The molecule has 1 N–H and O–H groups in total. The van der Waals surface area contributed by atoms with E-state index in [0.29, 0.717) is 6.42 Å². The smallest absolute Gasteiger partial charge is 0.226 e. The van der Waals surface area contributed by atoms with Gasteiger partial charge in [0.1, 0.15) is 5.82 Å². The first-order valence-corrected chi connectivity index (χ1v) is 5.13. The Balaban J connectivity index is 2.14. The van der Waals surface area contributed by atoms with Crippen LogP contribution < -0.4 is 5.32 Å². The first-order chi connectivity index (χ1) is 7.10. The van der Waals surface area contributed by atoms with Crippen LogP contribution in [-0.4, -0.2) is 12.5 Å². The molecule has 1 atom stereocenters. The normalized spacial score (nSPS) is 25.3. The molecular weight excluding hydrogens is 193 g/mol. The first-order valence-electron chi connectivity index (χ1n) is 5.13. The zero-order chi connectivity index (χ0) is 10.9. The highest BCUT2D eigenvalue weighted by Gasteiger charge is 2.37. The van der Waals surface area contributed by atoms with Gasteiger partial charge >= 0.3 is 0 Å². The molecule has 0 bridgehead atoms. The Kier molecular flexibility index (Phi) is 2.47. The molecule has 2 nitrogen and oxygen atoms in total. The summed E-state index contributed by atoms with van der Waals surface area (Å²) in [6, 6.07) is 6.36. The zero-order valence-corrected chi connectivity index (χ0v) is 8.72. The molecular formula is C12H14FNO. The maximum absolute atomic E-state index is 12.7. The summed E-state index contributed by atoms with van der Waals surface area (Å²) in [5.74, 6) is -0.133. The molecule has 15 heavy (non-hydrogen) atoms. The predicted molar refractivity (Wildman–Crippen MR) is 55.8 cm³/mol. The van der Waals surface area contributed by atoms with Crippen LogP contribution in [0.4, 0.5) is 4.39 Å². The molecule has 1 aliphatic rings. The summed E-state index contributed by atoms with van der Waals surface area (Å²) >= 11 is 0. The van der Waals surface area contributed by atoms with Gasteiger partial charge in [0, 0.05) is 6.54 Å². The predicted octanol–water partition coefficient (Wildman–Crippen LogP) is 1.89. The minimum absolute atomic E-state index is 0.104. The third-order valence-corrected chi connectivity index (χ3v) is 3.02. The van der Waals surface area contributed by atoms with Crippen molar-refractivity contribution in [1.29, 1.82) is 0 Å². The molecule has 1 aromatic carbocycles. The Morgan fingerprint density at radius 2 is 2.07 bits per heavy atom. The van der Waals surface area contributed by atoms with Crippen LogP contribution in [0.25, 0.3) is 0 Å². The van der Waals surface area contributed by atoms with Gasteiger partial charge in [-0.25, -0.2) is 4.39 Å². The van der Waals surface area contributed by atoms with E-state index in [9.17, 15) is 9.18 Å². The minimum atomic E-state index is -0.322. The van der Waals surface area contributed by atoms with Gasteiger partial charge in [-0.2, -0.15) is 0 Å². The van der Waals surface area contributed by atoms with Crippen LogP contribution in [0.2, 0.25) is 0 Å². The van der Waals surface area contributed by atoms with Gasteiger partial charge in [0.15, 0.2) is 0 Å². The van der Waals surface area contributed by atoms with E-state index in [1.807, 2.05) is 6.92 Å². The molecule has 1 fully saturated rings. The van der Waals surface area contributed by atoms with E-state index in [1.54, 1.807) is 12.1 Å². The summed E-state index contributed by atoms with van der Waals surface area (Å²) in [5, 5.41) is 2.83. The fourth-order valence-electron chi connectivity index (χ4n) is 2.00. The van der Waals surface area contributed by atoms with Gasteiger partial charge in [0.2, 0.25) is 5.91 Å². The van der Waals surface area contributed by atoms with Gasteiger partial charge in [-0.1, -0.05) is 19.1 Å². The highest BCUT2D eigenvalue weighted by atomic mass is 19.1. The monoisotopic (exact) mass is 207 g/mol. The maximum Gasteiger partial charge on any atom is 0.226 e. The van der Waals surface area contributed by atoms with Gasteiger partial charge in [0.25, 0.3) is 0 Å². The number of amides is 1. The van der Waals surface area contributed by atoms with E-state index < -0.39 is 0 Å². The molecule has 0 aliphatic carbocycles. The van der Waals surface area contributed by atoms with E-state index in [-0.39, 0.29) is 17.1 Å². The SMILES string of the molecule is CC1(Cc2ccc(F)cc2)CCNC1=O. The molecule has 1 aliphatic heterocycles. The van der Waals surface area contributed by atoms with Gasteiger partial charge in [-0.05, 0) is 30.5 Å². The summed E-state index contributed by atoms with van der Waals surface area (Å²) in [4.78, 5) is 11.6. The number of carbonyl (C=O) groups is 1. The van der Waals surface area contributed by atoms with E-state index in [1.165, 1.54) is 12.1 Å². The molecule has 80 valence electrons. The first kappa shape index (κ1) is 10.1. The summed E-state index contributed by atoms with van der Waals surface area (Å²) < 4.78 is 12.7. The second-order valence-corrected chi connectivity index (χ2v) is 4.37. The molecule has 2 rings (SSSR count). The third kappa shape index (κ3) is 2.01. The van der Waals surface area contributed by atoms with E-state index in [2.05, 4.69) is 5.32 Å². The van der Waals surface area contributed by atoms with Crippen molar-refractivity contribution < 1.29 is 9.18 Å². The Morgan fingerprint density at radius 3 is 2.60 bits per heavy atom. The number of nitrogens with one attached hydrogen (secondary N) is 1. The fraction of sp³-hybridized carbons (Fsp3) is 0.417. The quantitative estimate of drug-likeness (QED) is 0.788. The highest BCUT2D eigenvalue weighted by molar-refractivity contribution is 5.84. The van der Waals surface area contributed by atoms with Crippen molar-refractivity contribution in [3.05, 3.63) is 35.6 Å². The van der Waals surface area contributed by atoms with Crippen molar-refractivity contribution in [2.75, 3.05) is 6.54 Å². The van der Waals surface area contributed by atoms with Crippen LogP contribution >= 0.6 is 0 Å². The number of carbonyl (C=O) groups excluding carboxylic acids is 1. The Labute approximate surface area is 88.5 Å². The van der Waals surface area contributed by atoms with Crippen molar-refractivity contribution in [2.24, 2.45) is 5.41 Å². The largest absolute Gasteiger partial charge is 0.356 e. The molecule has 0 aromatic heterocycles. The minimum Gasteiger partial charge on any atom is -0.356 e. The van der Waals surface area contributed by atoms with Crippen LogP contribution in [-0.2, 0) is 11.2 Å². The van der Waals surface area contributed by atoms with E-state index in [4.69, 9.17) is 0 Å². The number of hydrogen-bond donors (Lipinski definition) is 1. The lowest BCUT2D eigenvalue weighted by atomic mass is 9.82. The Bertz CT molecular complexity index is 374. The van der Waals surface area contributed by atoms with E-state index >= 15 is 0 Å². The van der Waals surface area contributed by atoms with E-state index in [0.717, 1.165) is 18.5 Å². The number of benzene rings is 1. The molecule has 1 aromatic rings. The fourth-order valence-corrected chi connectivity index (χ4v) is 2.00. The van der Waals surface area contributed by atoms with Crippen molar-refractivity contribution in [1.82, 2.24) is 5.32 Å². The van der Waals surface area contributed by atoms with Crippen molar-refractivity contribution in [3.63, 3.8) is 0 Å².